The number of hydrogen-bond donors (Lipinski definition) is 5. The maximum Gasteiger partial charge on any atom is 0.490 e. The second-order valence-electron chi connectivity index (χ2n) is 8.52. The molecule has 0 unspecified atom stereocenters. The van der Waals surface area contributed by atoms with Gasteiger partial charge in [-0.25, -0.2) is 23.1 Å². The number of ether oxygens (including phenoxy) is 1. The second kappa shape index (κ2) is 14.2. The van der Waals surface area contributed by atoms with E-state index in [0.29, 0.717) is 22.3 Å². The van der Waals surface area contributed by atoms with E-state index in [0.717, 1.165) is 0 Å². The van der Waals surface area contributed by atoms with Crippen LogP contribution in [0.4, 0.5) is 13.2 Å². The van der Waals surface area contributed by atoms with E-state index in [1.807, 2.05) is 0 Å². The lowest BCUT2D eigenvalue weighted by Gasteiger charge is -2.18. The predicted octanol–water partition coefficient (Wildman–Crippen LogP) is 2.82. The summed E-state index contributed by atoms with van der Waals surface area (Å²) in [6, 6.07) is 18.5. The van der Waals surface area contributed by atoms with Crippen LogP contribution in [0.25, 0.3) is 11.1 Å². The summed E-state index contributed by atoms with van der Waals surface area (Å²) in [6.07, 6.45) is -4.94. The Kier molecular flexibility index (Phi) is 11.3. The number of aliphatic carboxylic acids is 1. The first-order valence-corrected chi connectivity index (χ1v) is 13.5. The van der Waals surface area contributed by atoms with Gasteiger partial charge in [0.05, 0.1) is 11.5 Å². The number of nitrogen functional groups attached to an aromatic ring is 1. The standard InChI is InChI=1S/C25H26N4O5S.C2HF3O2/c1-2-34-25(31)21(15-16-6-5-7-19(14-16)23(26)27)29-24(30)18-12-10-17(11-13-18)20-8-3-4-9-22(20)35(28,32)33;3-2(4,5)1(6)7/h3-14,21H,2,15H2,1H3,(H3,26,27)(H,29,30)(H2,28,32,33);(H,6,7)/t21-;/m0./s1. The normalized spacial score (nSPS) is 11.8. The Morgan fingerprint density at radius 1 is 1.00 bits per heavy atom. The third-order valence-corrected chi connectivity index (χ3v) is 6.42. The van der Waals surface area contributed by atoms with Crippen molar-refractivity contribution in [3.05, 3.63) is 89.5 Å². The minimum atomic E-state index is -5.08. The number of nitrogens with two attached hydrogens (primary N) is 2. The summed E-state index contributed by atoms with van der Waals surface area (Å²) < 4.78 is 60.7. The van der Waals surface area contributed by atoms with Gasteiger partial charge in [-0.3, -0.25) is 10.2 Å². The van der Waals surface area contributed by atoms with Crippen molar-refractivity contribution in [3.63, 3.8) is 0 Å². The highest BCUT2D eigenvalue weighted by molar-refractivity contribution is 7.89. The van der Waals surface area contributed by atoms with Crippen LogP contribution in [0.5, 0.6) is 0 Å². The average Bonchev–Trinajstić information content (AvgIpc) is 2.92. The minimum absolute atomic E-state index is 0.0210. The van der Waals surface area contributed by atoms with Crippen LogP contribution in [0.15, 0.2) is 77.7 Å². The van der Waals surface area contributed by atoms with Gasteiger partial charge in [-0.2, -0.15) is 13.2 Å². The number of carbonyl (C=O) groups is 3. The first-order valence-electron chi connectivity index (χ1n) is 12.0. The van der Waals surface area contributed by atoms with Crippen molar-refractivity contribution < 1.29 is 45.8 Å². The zero-order valence-corrected chi connectivity index (χ0v) is 22.8. The van der Waals surface area contributed by atoms with Crippen LogP contribution in [0, 0.1) is 5.41 Å². The number of benzene rings is 3. The van der Waals surface area contributed by atoms with Gasteiger partial charge in [0.2, 0.25) is 10.0 Å². The summed E-state index contributed by atoms with van der Waals surface area (Å²) in [6.45, 7) is 1.82. The maximum atomic E-state index is 12.9. The number of amides is 1. The van der Waals surface area contributed by atoms with Gasteiger partial charge in [-0.05, 0) is 42.3 Å². The van der Waals surface area contributed by atoms with Gasteiger partial charge in [-0.15, -0.1) is 0 Å². The molecule has 0 heterocycles. The number of carbonyl (C=O) groups excluding carboxylic acids is 2. The smallest absolute Gasteiger partial charge is 0.475 e. The molecule has 0 bridgehead atoms. The van der Waals surface area contributed by atoms with E-state index in [1.54, 1.807) is 61.5 Å². The van der Waals surface area contributed by atoms with Crippen LogP contribution in [0.2, 0.25) is 0 Å². The van der Waals surface area contributed by atoms with E-state index in [4.69, 9.17) is 30.9 Å². The minimum Gasteiger partial charge on any atom is -0.475 e. The Labute approximate surface area is 238 Å². The third-order valence-electron chi connectivity index (χ3n) is 5.45. The molecule has 3 aromatic carbocycles. The fourth-order valence-electron chi connectivity index (χ4n) is 3.53. The molecule has 0 saturated heterocycles. The molecule has 1 amide bonds. The molecule has 7 N–H and O–H groups in total. The number of esters is 1. The van der Waals surface area contributed by atoms with Gasteiger partial charge in [0.1, 0.15) is 11.9 Å². The van der Waals surface area contributed by atoms with E-state index >= 15 is 0 Å². The molecule has 0 aliphatic heterocycles. The molecule has 3 rings (SSSR count). The molecular formula is C27H27F3N4O7S. The number of hydrogen-bond acceptors (Lipinski definition) is 7. The molecule has 0 saturated carbocycles. The van der Waals surface area contributed by atoms with Gasteiger partial charge in [0.25, 0.3) is 5.91 Å². The van der Waals surface area contributed by atoms with E-state index in [9.17, 15) is 31.2 Å². The topological polar surface area (TPSA) is 203 Å². The molecule has 15 heteroatoms. The van der Waals surface area contributed by atoms with E-state index in [-0.39, 0.29) is 29.3 Å². The quantitative estimate of drug-likeness (QED) is 0.139. The summed E-state index contributed by atoms with van der Waals surface area (Å²) in [5.74, 6) is -3.95. The van der Waals surface area contributed by atoms with E-state index < -0.39 is 40.1 Å². The number of sulfonamides is 1. The van der Waals surface area contributed by atoms with Crippen LogP contribution in [0.1, 0.15) is 28.4 Å². The van der Waals surface area contributed by atoms with Crippen LogP contribution >= 0.6 is 0 Å². The molecule has 3 aromatic rings. The second-order valence-corrected chi connectivity index (χ2v) is 10.0. The number of rotatable bonds is 9. The lowest BCUT2D eigenvalue weighted by molar-refractivity contribution is -0.192. The molecule has 0 aliphatic carbocycles. The van der Waals surface area contributed by atoms with Gasteiger partial charge in [-0.1, -0.05) is 48.5 Å². The first kappa shape index (κ1) is 33.4. The molecule has 0 aromatic heterocycles. The number of primary sulfonamides is 1. The van der Waals surface area contributed by atoms with Crippen molar-refractivity contribution in [3.8, 4) is 11.1 Å². The van der Waals surface area contributed by atoms with Crippen LogP contribution in [0.3, 0.4) is 0 Å². The van der Waals surface area contributed by atoms with Crippen molar-refractivity contribution in [1.29, 1.82) is 5.41 Å². The number of carboxylic acids is 1. The zero-order chi connectivity index (χ0) is 31.7. The first-order chi connectivity index (χ1) is 19.5. The highest BCUT2D eigenvalue weighted by atomic mass is 32.2. The molecule has 0 fully saturated rings. The van der Waals surface area contributed by atoms with Crippen LogP contribution in [-0.2, 0) is 30.8 Å². The fraction of sp³-hybridized carbons (Fsp3) is 0.185. The Morgan fingerprint density at radius 3 is 2.12 bits per heavy atom. The largest absolute Gasteiger partial charge is 0.490 e. The molecule has 11 nitrogen and oxygen atoms in total. The number of carboxylic acid groups (broad SMARTS) is 1. The number of amidine groups is 1. The van der Waals surface area contributed by atoms with Gasteiger partial charge >= 0.3 is 18.1 Å². The summed E-state index contributed by atoms with van der Waals surface area (Å²) >= 11 is 0. The Hall–Kier alpha value is -4.76. The van der Waals surface area contributed by atoms with Crippen LogP contribution < -0.4 is 16.2 Å². The van der Waals surface area contributed by atoms with Crippen molar-refractivity contribution in [1.82, 2.24) is 5.32 Å². The molecule has 0 spiro atoms. The summed E-state index contributed by atoms with van der Waals surface area (Å²) in [7, 11) is -3.93. The van der Waals surface area contributed by atoms with Crippen molar-refractivity contribution in [2.45, 2.75) is 30.5 Å². The van der Waals surface area contributed by atoms with E-state index in [1.165, 1.54) is 18.2 Å². The highest BCUT2D eigenvalue weighted by Gasteiger charge is 2.38. The Balaban J connectivity index is 0.000000782. The fourth-order valence-corrected chi connectivity index (χ4v) is 4.29. The lowest BCUT2D eigenvalue weighted by atomic mass is 10.0. The SMILES string of the molecule is CCOC(=O)[C@H](Cc1cccc(C(=N)N)c1)NC(=O)c1ccc(-c2ccccc2S(N)(=O)=O)cc1.O=C(O)C(F)(F)F. The molecule has 42 heavy (non-hydrogen) atoms. The summed E-state index contributed by atoms with van der Waals surface area (Å²) in [5.41, 5.74) is 8.00. The molecule has 1 atom stereocenters. The Morgan fingerprint density at radius 2 is 1.60 bits per heavy atom. The summed E-state index contributed by atoms with van der Waals surface area (Å²) in [4.78, 5) is 34.3. The van der Waals surface area contributed by atoms with Crippen molar-refractivity contribution in [2.24, 2.45) is 10.9 Å². The zero-order valence-electron chi connectivity index (χ0n) is 22.0. The number of alkyl halides is 3. The third kappa shape index (κ3) is 9.71. The maximum absolute atomic E-state index is 12.9. The Bertz CT molecular complexity index is 1560. The predicted molar refractivity (Wildman–Crippen MR) is 146 cm³/mol. The van der Waals surface area contributed by atoms with Gasteiger partial charge < -0.3 is 20.9 Å². The van der Waals surface area contributed by atoms with Crippen molar-refractivity contribution in [2.75, 3.05) is 6.61 Å². The average molecular weight is 609 g/mol. The summed E-state index contributed by atoms with van der Waals surface area (Å²) in [5, 5.41) is 22.7. The molecule has 0 aliphatic rings. The van der Waals surface area contributed by atoms with Gasteiger partial charge in [0.15, 0.2) is 0 Å². The van der Waals surface area contributed by atoms with Crippen molar-refractivity contribution >= 4 is 33.7 Å². The monoisotopic (exact) mass is 608 g/mol. The number of nitrogens with one attached hydrogen (secondary N) is 2. The van der Waals surface area contributed by atoms with Gasteiger partial charge in [0, 0.05) is 23.1 Å². The molecule has 224 valence electrons. The lowest BCUT2D eigenvalue weighted by Crippen LogP contribution is -2.43. The highest BCUT2D eigenvalue weighted by Crippen LogP contribution is 2.26. The number of halogens is 3. The molecular weight excluding hydrogens is 581 g/mol. The van der Waals surface area contributed by atoms with E-state index in [2.05, 4.69) is 5.32 Å². The molecule has 0 radical (unpaired) electrons. The van der Waals surface area contributed by atoms with Crippen LogP contribution in [-0.4, -0.2) is 56.0 Å².